The van der Waals surface area contributed by atoms with Gasteiger partial charge < -0.3 is 30.9 Å². The molecule has 3 aromatic carbocycles. The van der Waals surface area contributed by atoms with Crippen molar-refractivity contribution in [3.63, 3.8) is 0 Å². The molecule has 0 spiro atoms. The van der Waals surface area contributed by atoms with E-state index in [4.69, 9.17) is 12.2 Å². The fourth-order valence-electron chi connectivity index (χ4n) is 6.15. The number of benzene rings is 3. The maximum absolute atomic E-state index is 14.3. The average Bonchev–Trinajstić information content (AvgIpc) is 3.60. The number of carbonyl (C=O) groups excluding carboxylic acids is 3. The molecule has 0 radical (unpaired) electrons. The fraction of sp³-hybridized carbons (Fsp3) is 0.294. The van der Waals surface area contributed by atoms with Crippen molar-refractivity contribution < 1.29 is 19.5 Å². The summed E-state index contributed by atoms with van der Waals surface area (Å²) in [7, 11) is 3.91. The van der Waals surface area contributed by atoms with Gasteiger partial charge in [0.2, 0.25) is 11.8 Å². The number of anilines is 2. The standard InChI is InChI=1S/C34H36N8O4S/c1-4-16-40(34(46)36-18-23-10-14-26(43)15-11-23)41-21-30(44)42-27(17-22-8-12-25(13-9-22)38(2)3)32(45)39(20-29(41)42)19-24-6-5-7-28-31(24)37-33(35)47-28/h1,5-15,27,29,43H,16-21H2,2-3H3,(H2,35,37)(H,36,46)/t27-,29+/m0/s1. The van der Waals surface area contributed by atoms with Crippen LogP contribution in [0.3, 0.4) is 0 Å². The number of thiazole rings is 1. The molecule has 242 valence electrons. The van der Waals surface area contributed by atoms with E-state index in [1.54, 1.807) is 39.1 Å². The van der Waals surface area contributed by atoms with Gasteiger partial charge in [-0.15, -0.1) is 6.42 Å². The van der Waals surface area contributed by atoms with Crippen LogP contribution in [0.1, 0.15) is 16.7 Å². The number of aromatic hydroxyl groups is 1. The molecule has 4 N–H and O–H groups in total. The van der Waals surface area contributed by atoms with Crippen molar-refractivity contribution in [2.75, 3.05) is 44.4 Å². The summed E-state index contributed by atoms with van der Waals surface area (Å²) in [5.74, 6) is 2.22. The number of para-hydroxylation sites is 1. The van der Waals surface area contributed by atoms with Crippen LogP contribution in [0.25, 0.3) is 10.2 Å². The number of nitrogen functional groups attached to an aromatic ring is 1. The van der Waals surface area contributed by atoms with Gasteiger partial charge in [-0.3, -0.25) is 9.59 Å². The van der Waals surface area contributed by atoms with Crippen molar-refractivity contribution in [1.29, 1.82) is 0 Å². The second-order valence-electron chi connectivity index (χ2n) is 11.8. The number of terminal acetylenes is 1. The molecule has 47 heavy (non-hydrogen) atoms. The summed E-state index contributed by atoms with van der Waals surface area (Å²) >= 11 is 1.38. The molecule has 3 heterocycles. The number of hydrogen-bond acceptors (Lipinski definition) is 9. The molecule has 2 aliphatic rings. The van der Waals surface area contributed by atoms with Crippen molar-refractivity contribution in [2.45, 2.75) is 31.7 Å². The van der Waals surface area contributed by atoms with E-state index in [1.165, 1.54) is 16.3 Å². The van der Waals surface area contributed by atoms with E-state index in [9.17, 15) is 19.5 Å². The molecule has 6 rings (SSSR count). The number of fused-ring (bicyclic) bond motifs is 2. The van der Waals surface area contributed by atoms with Gasteiger partial charge in [-0.2, -0.15) is 5.01 Å². The number of amides is 4. The highest BCUT2D eigenvalue weighted by Crippen LogP contribution is 2.32. The van der Waals surface area contributed by atoms with Crippen LogP contribution in [0, 0.1) is 12.3 Å². The largest absolute Gasteiger partial charge is 0.508 e. The summed E-state index contributed by atoms with van der Waals surface area (Å²) in [6.45, 7) is 0.398. The number of carbonyl (C=O) groups is 3. The van der Waals surface area contributed by atoms with Gasteiger partial charge in [0.15, 0.2) is 5.13 Å². The number of nitrogens with one attached hydrogen (secondary N) is 1. The second-order valence-corrected chi connectivity index (χ2v) is 12.8. The van der Waals surface area contributed by atoms with Gasteiger partial charge in [0, 0.05) is 39.3 Å². The van der Waals surface area contributed by atoms with Crippen LogP contribution >= 0.6 is 11.3 Å². The maximum Gasteiger partial charge on any atom is 0.333 e. The number of hydrazine groups is 1. The first-order chi connectivity index (χ1) is 22.6. The Hall–Kier alpha value is -5.32. The Morgan fingerprint density at radius 1 is 1.11 bits per heavy atom. The molecule has 4 aromatic rings. The van der Waals surface area contributed by atoms with Crippen LogP contribution in [-0.2, 0) is 29.1 Å². The highest BCUT2D eigenvalue weighted by Gasteiger charge is 2.52. The lowest BCUT2D eigenvalue weighted by Gasteiger charge is -2.46. The first kappa shape index (κ1) is 31.7. The zero-order chi connectivity index (χ0) is 33.2. The van der Waals surface area contributed by atoms with Crippen molar-refractivity contribution >= 4 is 50.2 Å². The number of piperazine rings is 1. The SMILES string of the molecule is C#CCN(C(=O)NCc1ccc(O)cc1)N1CC(=O)N2[C@@H](Cc3ccc(N(C)C)cc3)C(=O)N(Cc3cccc4sc(N)nc34)C[C@@H]21. The van der Waals surface area contributed by atoms with Crippen LogP contribution in [0.2, 0.25) is 0 Å². The van der Waals surface area contributed by atoms with Crippen molar-refractivity contribution in [2.24, 2.45) is 0 Å². The predicted octanol–water partition coefficient (Wildman–Crippen LogP) is 2.83. The first-order valence-electron chi connectivity index (χ1n) is 15.2. The molecule has 2 fully saturated rings. The molecule has 1 aromatic heterocycles. The Kier molecular flexibility index (Phi) is 8.88. The number of hydrogen-bond donors (Lipinski definition) is 3. The number of urea groups is 1. The zero-order valence-corrected chi connectivity index (χ0v) is 27.0. The Balaban J connectivity index is 1.31. The lowest BCUT2D eigenvalue weighted by Crippen LogP contribution is -2.66. The van der Waals surface area contributed by atoms with Gasteiger partial charge in [0.05, 0.1) is 29.9 Å². The second kappa shape index (κ2) is 13.2. The summed E-state index contributed by atoms with van der Waals surface area (Å²) in [5, 5.41) is 15.9. The third-order valence-electron chi connectivity index (χ3n) is 8.49. The smallest absolute Gasteiger partial charge is 0.333 e. The molecule has 0 unspecified atom stereocenters. The molecule has 0 saturated carbocycles. The summed E-state index contributed by atoms with van der Waals surface area (Å²) < 4.78 is 0.923. The highest BCUT2D eigenvalue weighted by molar-refractivity contribution is 7.22. The third-order valence-corrected chi connectivity index (χ3v) is 9.34. The maximum atomic E-state index is 14.3. The minimum atomic E-state index is -0.802. The van der Waals surface area contributed by atoms with Crippen molar-refractivity contribution in [3.8, 4) is 18.1 Å². The number of aromatic nitrogens is 1. The van der Waals surface area contributed by atoms with E-state index in [-0.39, 0.29) is 50.3 Å². The topological polar surface area (TPSA) is 139 Å². The van der Waals surface area contributed by atoms with E-state index >= 15 is 0 Å². The van der Waals surface area contributed by atoms with Crippen molar-refractivity contribution in [3.05, 3.63) is 83.4 Å². The van der Waals surface area contributed by atoms with Gasteiger partial charge in [0.25, 0.3) is 0 Å². The lowest BCUT2D eigenvalue weighted by atomic mass is 9.99. The van der Waals surface area contributed by atoms with E-state index in [2.05, 4.69) is 16.2 Å². The Morgan fingerprint density at radius 2 is 1.83 bits per heavy atom. The summed E-state index contributed by atoms with van der Waals surface area (Å²) in [5.41, 5.74) is 10.3. The molecule has 0 aliphatic carbocycles. The fourth-order valence-corrected chi connectivity index (χ4v) is 6.93. The van der Waals surface area contributed by atoms with Crippen LogP contribution in [-0.4, -0.2) is 93.7 Å². The first-order valence-corrected chi connectivity index (χ1v) is 16.0. The van der Waals surface area contributed by atoms with E-state index in [0.717, 1.165) is 32.6 Å². The number of nitrogens with two attached hydrogens (primary N) is 1. The van der Waals surface area contributed by atoms with Gasteiger partial charge in [-0.05, 0) is 47.0 Å². The molecule has 2 saturated heterocycles. The van der Waals surface area contributed by atoms with Gasteiger partial charge in [-0.25, -0.2) is 14.8 Å². The molecule has 2 atom stereocenters. The molecule has 0 bridgehead atoms. The van der Waals surface area contributed by atoms with E-state index in [0.29, 0.717) is 11.6 Å². The molecule has 13 heteroatoms. The highest BCUT2D eigenvalue weighted by atomic mass is 32.1. The van der Waals surface area contributed by atoms with Crippen LogP contribution in [0.4, 0.5) is 15.6 Å². The Bertz CT molecular complexity index is 1840. The summed E-state index contributed by atoms with van der Waals surface area (Å²) in [6.07, 6.45) is 5.38. The minimum Gasteiger partial charge on any atom is -0.508 e. The predicted molar refractivity (Wildman–Crippen MR) is 181 cm³/mol. The number of nitrogens with zero attached hydrogens (tertiary/aromatic N) is 6. The van der Waals surface area contributed by atoms with Crippen LogP contribution in [0.5, 0.6) is 5.75 Å². The normalized spacial score (nSPS) is 17.9. The third kappa shape index (κ3) is 6.51. The van der Waals surface area contributed by atoms with Gasteiger partial charge in [-0.1, -0.05) is 53.7 Å². The monoisotopic (exact) mass is 652 g/mol. The quantitative estimate of drug-likeness (QED) is 0.235. The van der Waals surface area contributed by atoms with E-state index in [1.807, 2.05) is 61.5 Å². The Labute approximate surface area is 276 Å². The minimum absolute atomic E-state index is 0.0823. The van der Waals surface area contributed by atoms with Crippen molar-refractivity contribution in [1.82, 2.24) is 30.1 Å². The van der Waals surface area contributed by atoms with E-state index < -0.39 is 18.2 Å². The van der Waals surface area contributed by atoms with Gasteiger partial charge in [0.1, 0.15) is 18.0 Å². The molecular formula is C34H36N8O4S. The zero-order valence-electron chi connectivity index (χ0n) is 26.2. The summed E-state index contributed by atoms with van der Waals surface area (Å²) in [4.78, 5) is 51.5. The number of phenols is 1. The molecular weight excluding hydrogens is 616 g/mol. The van der Waals surface area contributed by atoms with Gasteiger partial charge >= 0.3 is 6.03 Å². The number of rotatable bonds is 9. The lowest BCUT2D eigenvalue weighted by molar-refractivity contribution is -0.157. The molecule has 2 aliphatic heterocycles. The molecule has 4 amide bonds. The number of phenolic OH excluding ortho intramolecular Hbond substituents is 1. The Morgan fingerprint density at radius 3 is 2.53 bits per heavy atom. The summed E-state index contributed by atoms with van der Waals surface area (Å²) in [6, 6.07) is 18.9. The average molecular weight is 653 g/mol. The van der Waals surface area contributed by atoms with Crippen LogP contribution < -0.4 is 16.0 Å². The van der Waals surface area contributed by atoms with Crippen LogP contribution in [0.15, 0.2) is 66.7 Å². The molecule has 12 nitrogen and oxygen atoms in total.